The number of hydrogen-bond acceptors (Lipinski definition) is 7. The monoisotopic (exact) mass is 420 g/mol. The summed E-state index contributed by atoms with van der Waals surface area (Å²) >= 11 is 0. The highest BCUT2D eigenvalue weighted by atomic mass is 32.2. The summed E-state index contributed by atoms with van der Waals surface area (Å²) in [6, 6.07) is 7.67. The van der Waals surface area contributed by atoms with E-state index in [1.807, 2.05) is 38.1 Å². The summed E-state index contributed by atoms with van der Waals surface area (Å²) in [5, 5.41) is 0.848. The van der Waals surface area contributed by atoms with E-state index < -0.39 is 10.2 Å². The molecule has 2 saturated heterocycles. The SMILES string of the molecule is C[C@@H]1CN(S(=O)(=O)N2CCN(Cc3nc(N)c4ccccc4n3)CC2)C[C@@H](C)O1. The normalized spacial score (nSPS) is 25.4. The van der Waals surface area contributed by atoms with Crippen molar-refractivity contribution in [1.29, 1.82) is 0 Å². The maximum absolute atomic E-state index is 13.0. The summed E-state index contributed by atoms with van der Waals surface area (Å²) in [6.07, 6.45) is -0.185. The Balaban J connectivity index is 1.39. The van der Waals surface area contributed by atoms with Gasteiger partial charge in [0.05, 0.1) is 24.3 Å². The number of fused-ring (bicyclic) bond motifs is 1. The second-order valence-corrected chi connectivity index (χ2v) is 9.73. The number of aromatic nitrogens is 2. The molecular formula is C19H28N6O3S. The van der Waals surface area contributed by atoms with E-state index in [1.54, 1.807) is 8.61 Å². The summed E-state index contributed by atoms with van der Waals surface area (Å²) in [5.41, 5.74) is 6.90. The van der Waals surface area contributed by atoms with Gasteiger partial charge in [0, 0.05) is 44.7 Å². The van der Waals surface area contributed by atoms with Crippen LogP contribution in [0, 0.1) is 0 Å². The van der Waals surface area contributed by atoms with Gasteiger partial charge < -0.3 is 10.5 Å². The summed E-state index contributed by atoms with van der Waals surface area (Å²) in [7, 11) is -3.47. The second-order valence-electron chi connectivity index (χ2n) is 7.80. The van der Waals surface area contributed by atoms with Crippen molar-refractivity contribution in [2.24, 2.45) is 0 Å². The predicted octanol–water partition coefficient (Wildman–Crippen LogP) is 0.684. The first-order valence-electron chi connectivity index (χ1n) is 9.97. The third-order valence-electron chi connectivity index (χ3n) is 5.41. The van der Waals surface area contributed by atoms with Crippen LogP contribution in [-0.2, 0) is 21.5 Å². The summed E-state index contributed by atoms with van der Waals surface area (Å²) in [4.78, 5) is 11.2. The highest BCUT2D eigenvalue weighted by Crippen LogP contribution is 2.21. The first kappa shape index (κ1) is 20.4. The lowest BCUT2D eigenvalue weighted by atomic mass is 10.2. The predicted molar refractivity (Wildman–Crippen MR) is 111 cm³/mol. The maximum atomic E-state index is 13.0. The molecule has 10 heteroatoms. The fraction of sp³-hybridized carbons (Fsp3) is 0.579. The molecule has 0 unspecified atom stereocenters. The number of rotatable bonds is 4. The molecular weight excluding hydrogens is 392 g/mol. The van der Waals surface area contributed by atoms with Crippen molar-refractivity contribution in [3.63, 3.8) is 0 Å². The molecule has 0 amide bonds. The number of benzene rings is 1. The van der Waals surface area contributed by atoms with Gasteiger partial charge in [0.25, 0.3) is 10.2 Å². The molecule has 3 heterocycles. The number of anilines is 1. The van der Waals surface area contributed by atoms with Gasteiger partial charge in [-0.2, -0.15) is 17.0 Å². The van der Waals surface area contributed by atoms with E-state index >= 15 is 0 Å². The fourth-order valence-electron chi connectivity index (χ4n) is 4.02. The maximum Gasteiger partial charge on any atom is 0.282 e. The number of hydrogen-bond donors (Lipinski definition) is 1. The van der Waals surface area contributed by atoms with E-state index in [2.05, 4.69) is 14.9 Å². The molecule has 9 nitrogen and oxygen atoms in total. The minimum atomic E-state index is -3.47. The number of nitrogens with zero attached hydrogens (tertiary/aromatic N) is 5. The average molecular weight is 421 g/mol. The van der Waals surface area contributed by atoms with Crippen molar-refractivity contribution >= 4 is 26.9 Å². The molecule has 1 aromatic carbocycles. The van der Waals surface area contributed by atoms with Crippen LogP contribution in [0.3, 0.4) is 0 Å². The lowest BCUT2D eigenvalue weighted by molar-refractivity contribution is -0.0457. The van der Waals surface area contributed by atoms with Crippen molar-refractivity contribution in [2.45, 2.75) is 32.6 Å². The smallest absolute Gasteiger partial charge is 0.282 e. The molecule has 158 valence electrons. The molecule has 0 aliphatic carbocycles. The average Bonchev–Trinajstić information content (AvgIpc) is 2.68. The standard InChI is InChI=1S/C19H28N6O3S/c1-14-11-25(12-15(2)28-14)29(26,27)24-9-7-23(8-10-24)13-18-21-17-6-4-3-5-16(17)19(20)22-18/h3-6,14-15H,7-13H2,1-2H3,(H2,20,21,22)/t14-,15-/m1/s1. The number of morpholine rings is 1. The molecule has 0 spiro atoms. The minimum absolute atomic E-state index is 0.0923. The van der Waals surface area contributed by atoms with Crippen LogP contribution in [0.25, 0.3) is 10.9 Å². The van der Waals surface area contributed by atoms with E-state index in [4.69, 9.17) is 10.5 Å². The Morgan fingerprint density at radius 2 is 1.69 bits per heavy atom. The van der Waals surface area contributed by atoms with Crippen LogP contribution in [0.5, 0.6) is 0 Å². The Labute approximate surface area is 171 Å². The molecule has 0 radical (unpaired) electrons. The van der Waals surface area contributed by atoms with Crippen molar-refractivity contribution in [1.82, 2.24) is 23.5 Å². The molecule has 2 fully saturated rings. The molecule has 4 rings (SSSR count). The summed E-state index contributed by atoms with van der Waals surface area (Å²) in [6.45, 7) is 7.33. The zero-order valence-corrected chi connectivity index (χ0v) is 17.7. The van der Waals surface area contributed by atoms with E-state index in [0.717, 1.165) is 10.9 Å². The van der Waals surface area contributed by atoms with Gasteiger partial charge in [0.2, 0.25) is 0 Å². The molecule has 2 N–H and O–H groups in total. The number of para-hydroxylation sites is 1. The molecule has 29 heavy (non-hydrogen) atoms. The van der Waals surface area contributed by atoms with Gasteiger partial charge >= 0.3 is 0 Å². The number of ether oxygens (including phenoxy) is 1. The highest BCUT2D eigenvalue weighted by molar-refractivity contribution is 7.86. The molecule has 0 bridgehead atoms. The second kappa shape index (κ2) is 8.11. The quantitative estimate of drug-likeness (QED) is 0.776. The van der Waals surface area contributed by atoms with Gasteiger partial charge in [-0.25, -0.2) is 9.97 Å². The van der Waals surface area contributed by atoms with Gasteiger partial charge in [-0.05, 0) is 26.0 Å². The van der Waals surface area contributed by atoms with Gasteiger partial charge in [-0.1, -0.05) is 12.1 Å². The Hall–Kier alpha value is -1.85. The van der Waals surface area contributed by atoms with Crippen LogP contribution < -0.4 is 5.73 Å². The van der Waals surface area contributed by atoms with Crippen molar-refractivity contribution in [2.75, 3.05) is 45.0 Å². The summed E-state index contributed by atoms with van der Waals surface area (Å²) < 4.78 is 34.8. The Bertz CT molecular complexity index is 967. The van der Waals surface area contributed by atoms with Crippen LogP contribution in [0.1, 0.15) is 19.7 Å². The largest absolute Gasteiger partial charge is 0.383 e. The Morgan fingerprint density at radius 1 is 1.03 bits per heavy atom. The number of piperazine rings is 1. The number of nitrogen functional groups attached to an aromatic ring is 1. The van der Waals surface area contributed by atoms with E-state index in [0.29, 0.717) is 57.5 Å². The Kier molecular flexibility index (Phi) is 5.71. The first-order valence-corrected chi connectivity index (χ1v) is 11.4. The lowest BCUT2D eigenvalue weighted by Crippen LogP contribution is -2.57. The third-order valence-corrected chi connectivity index (χ3v) is 7.38. The van der Waals surface area contributed by atoms with E-state index in [-0.39, 0.29) is 12.2 Å². The lowest BCUT2D eigenvalue weighted by Gasteiger charge is -2.40. The first-order chi connectivity index (χ1) is 13.8. The Morgan fingerprint density at radius 3 is 2.38 bits per heavy atom. The van der Waals surface area contributed by atoms with Crippen LogP contribution in [-0.4, -0.2) is 83.4 Å². The van der Waals surface area contributed by atoms with Crippen molar-refractivity contribution in [3.8, 4) is 0 Å². The molecule has 1 aromatic heterocycles. The van der Waals surface area contributed by atoms with E-state index in [9.17, 15) is 8.42 Å². The van der Waals surface area contributed by atoms with Crippen molar-refractivity contribution < 1.29 is 13.2 Å². The molecule has 2 aromatic rings. The van der Waals surface area contributed by atoms with Gasteiger partial charge in [-0.15, -0.1) is 0 Å². The van der Waals surface area contributed by atoms with Crippen LogP contribution in [0.4, 0.5) is 5.82 Å². The minimum Gasteiger partial charge on any atom is -0.383 e. The van der Waals surface area contributed by atoms with Crippen LogP contribution in [0.15, 0.2) is 24.3 Å². The highest BCUT2D eigenvalue weighted by Gasteiger charge is 2.36. The van der Waals surface area contributed by atoms with Crippen LogP contribution in [0.2, 0.25) is 0 Å². The molecule has 2 atom stereocenters. The third kappa shape index (κ3) is 4.36. The van der Waals surface area contributed by atoms with Gasteiger partial charge in [0.1, 0.15) is 11.6 Å². The fourth-order valence-corrected chi connectivity index (χ4v) is 5.77. The van der Waals surface area contributed by atoms with Gasteiger partial charge in [-0.3, -0.25) is 4.90 Å². The topological polar surface area (TPSA) is 105 Å². The van der Waals surface area contributed by atoms with E-state index in [1.165, 1.54) is 0 Å². The molecule has 2 aliphatic heterocycles. The van der Waals surface area contributed by atoms with Gasteiger partial charge in [0.15, 0.2) is 0 Å². The number of nitrogens with two attached hydrogens (primary N) is 1. The zero-order valence-electron chi connectivity index (χ0n) is 16.9. The summed E-state index contributed by atoms with van der Waals surface area (Å²) in [5.74, 6) is 1.13. The van der Waals surface area contributed by atoms with Crippen molar-refractivity contribution in [3.05, 3.63) is 30.1 Å². The van der Waals surface area contributed by atoms with Crippen LogP contribution >= 0.6 is 0 Å². The zero-order chi connectivity index (χ0) is 20.6. The molecule has 0 saturated carbocycles. The molecule has 2 aliphatic rings.